The third-order valence-corrected chi connectivity index (χ3v) is 9.40. The number of rotatable bonds is 3. The van der Waals surface area contributed by atoms with Crippen molar-refractivity contribution in [2.75, 3.05) is 4.90 Å². The summed E-state index contributed by atoms with van der Waals surface area (Å²) < 4.78 is 0. The third-order valence-electron chi connectivity index (χ3n) is 9.40. The highest BCUT2D eigenvalue weighted by Crippen LogP contribution is 2.56. The summed E-state index contributed by atoms with van der Waals surface area (Å²) in [6.07, 6.45) is 4.60. The van der Waals surface area contributed by atoms with Gasteiger partial charge >= 0.3 is 0 Å². The van der Waals surface area contributed by atoms with Crippen molar-refractivity contribution in [2.24, 2.45) is 0 Å². The van der Waals surface area contributed by atoms with Crippen molar-refractivity contribution in [1.82, 2.24) is 0 Å². The first kappa shape index (κ1) is 24.2. The lowest BCUT2D eigenvalue weighted by Gasteiger charge is -2.45. The van der Waals surface area contributed by atoms with Gasteiger partial charge in [0.25, 0.3) is 0 Å². The van der Waals surface area contributed by atoms with Gasteiger partial charge in [-0.15, -0.1) is 0 Å². The van der Waals surface area contributed by atoms with Crippen LogP contribution in [0, 0.1) is 13.8 Å². The topological polar surface area (TPSA) is 3.24 Å². The number of nitrogens with zero attached hydrogens (tertiary/aromatic N) is 1. The Morgan fingerprint density at radius 1 is 0.744 bits per heavy atom. The molecule has 0 spiro atoms. The van der Waals surface area contributed by atoms with Gasteiger partial charge in [-0.3, -0.25) is 0 Å². The van der Waals surface area contributed by atoms with E-state index in [-0.39, 0.29) is 11.5 Å². The van der Waals surface area contributed by atoms with E-state index in [9.17, 15) is 0 Å². The average Bonchev–Trinajstić information content (AvgIpc) is 3.17. The number of benzene rings is 4. The molecule has 0 amide bonds. The smallest absolute Gasteiger partial charge is 0.0788 e. The predicted octanol–water partition coefficient (Wildman–Crippen LogP) is 10.1. The summed E-state index contributed by atoms with van der Waals surface area (Å²) in [6, 6.07) is 30.0. The van der Waals surface area contributed by atoms with Gasteiger partial charge in [0, 0.05) is 22.4 Å². The van der Waals surface area contributed by atoms with Gasteiger partial charge in [-0.1, -0.05) is 100.0 Å². The van der Waals surface area contributed by atoms with Crippen molar-refractivity contribution in [3.8, 4) is 11.1 Å². The van der Waals surface area contributed by atoms with Gasteiger partial charge in [-0.25, -0.2) is 0 Å². The summed E-state index contributed by atoms with van der Waals surface area (Å²) in [5.74, 6) is 0. The Morgan fingerprint density at radius 3 is 2.23 bits per heavy atom. The number of allylic oxidation sites excluding steroid dienone is 2. The van der Waals surface area contributed by atoms with Crippen LogP contribution in [0.2, 0.25) is 0 Å². The molecule has 4 aromatic carbocycles. The van der Waals surface area contributed by atoms with E-state index in [4.69, 9.17) is 0 Å². The first-order valence-electron chi connectivity index (χ1n) is 14.5. The first-order valence-corrected chi connectivity index (χ1v) is 14.5. The van der Waals surface area contributed by atoms with Gasteiger partial charge in [-0.2, -0.15) is 0 Å². The number of hydrogen-bond acceptors (Lipinski definition) is 1. The summed E-state index contributed by atoms with van der Waals surface area (Å²) in [5, 5.41) is 0. The van der Waals surface area contributed by atoms with Crippen LogP contribution in [0.5, 0.6) is 0 Å². The zero-order chi connectivity index (χ0) is 27.1. The monoisotopic (exact) mass is 507 g/mol. The number of anilines is 1. The highest BCUT2D eigenvalue weighted by Gasteiger charge is 2.41. The largest absolute Gasteiger partial charge is 0.333 e. The molecule has 4 aromatic rings. The molecule has 0 saturated heterocycles. The molecule has 1 heteroatoms. The molecule has 0 aromatic heterocycles. The van der Waals surface area contributed by atoms with Gasteiger partial charge < -0.3 is 4.90 Å². The molecule has 3 aliphatic rings. The second-order valence-corrected chi connectivity index (χ2v) is 12.0. The minimum atomic E-state index is -0.0327. The van der Waals surface area contributed by atoms with Crippen LogP contribution in [0.3, 0.4) is 0 Å². The maximum absolute atomic E-state index is 2.70. The van der Waals surface area contributed by atoms with Crippen LogP contribution in [-0.2, 0) is 5.41 Å². The van der Waals surface area contributed by atoms with Crippen LogP contribution in [0.1, 0.15) is 91.1 Å². The highest BCUT2D eigenvalue weighted by molar-refractivity contribution is 5.97. The fraction of sp³-hybridized carbons (Fsp3) is 0.263. The van der Waals surface area contributed by atoms with Crippen molar-refractivity contribution < 1.29 is 0 Å². The standard InChI is InChI=1S/C38H37N/c1-7-26-34(8-2)39-35(31-19-23(3)18-24(4)37(26)31)21-28(25-14-10-9-11-15-25)30-20-29-27-16-12-13-17-32(27)38(5,6)33(29)22-36(30)39/h9-22,35H,7-8H2,1-6H3. The molecule has 2 heterocycles. The minimum absolute atomic E-state index is 0.0327. The van der Waals surface area contributed by atoms with Gasteiger partial charge in [0.1, 0.15) is 0 Å². The molecule has 2 aliphatic heterocycles. The fourth-order valence-corrected chi connectivity index (χ4v) is 7.74. The molecule has 0 N–H and O–H groups in total. The lowest BCUT2D eigenvalue weighted by atomic mass is 9.77. The van der Waals surface area contributed by atoms with Crippen molar-refractivity contribution in [2.45, 2.75) is 65.8 Å². The van der Waals surface area contributed by atoms with Crippen molar-refractivity contribution >= 4 is 16.8 Å². The Bertz CT molecular complexity index is 1710. The van der Waals surface area contributed by atoms with Gasteiger partial charge in [0.2, 0.25) is 0 Å². The lowest BCUT2D eigenvalue weighted by molar-refractivity contribution is 0.658. The van der Waals surface area contributed by atoms with E-state index < -0.39 is 0 Å². The van der Waals surface area contributed by atoms with Crippen LogP contribution in [0.15, 0.2) is 90.6 Å². The molecule has 7 rings (SSSR count). The van der Waals surface area contributed by atoms with Gasteiger partial charge in [0.15, 0.2) is 0 Å². The fourth-order valence-electron chi connectivity index (χ4n) is 7.74. The number of fused-ring (bicyclic) bond motifs is 8. The minimum Gasteiger partial charge on any atom is -0.333 e. The van der Waals surface area contributed by atoms with E-state index in [1.165, 1.54) is 78.2 Å². The molecule has 1 nitrogen and oxygen atoms in total. The summed E-state index contributed by atoms with van der Waals surface area (Å²) in [6.45, 7) is 14.0. The molecule has 0 bridgehead atoms. The molecule has 1 atom stereocenters. The molecule has 0 saturated carbocycles. The van der Waals surface area contributed by atoms with Crippen molar-refractivity contribution in [1.29, 1.82) is 0 Å². The Labute approximate surface area is 233 Å². The van der Waals surface area contributed by atoms with Crippen LogP contribution >= 0.6 is 0 Å². The highest BCUT2D eigenvalue weighted by atomic mass is 15.2. The molecule has 0 radical (unpaired) electrons. The van der Waals surface area contributed by atoms with E-state index in [2.05, 4.69) is 131 Å². The zero-order valence-electron chi connectivity index (χ0n) is 24.0. The third kappa shape index (κ3) is 3.32. The number of hydrogen-bond donors (Lipinski definition) is 0. The molecule has 0 fully saturated rings. The van der Waals surface area contributed by atoms with Crippen LogP contribution in [0.4, 0.5) is 5.69 Å². The predicted molar refractivity (Wildman–Crippen MR) is 166 cm³/mol. The summed E-state index contributed by atoms with van der Waals surface area (Å²) in [5.41, 5.74) is 19.6. The van der Waals surface area contributed by atoms with E-state index in [0.29, 0.717) is 0 Å². The Balaban J connectivity index is 1.58. The molecular formula is C38H37N. The van der Waals surface area contributed by atoms with E-state index in [1.807, 2.05) is 0 Å². The van der Waals surface area contributed by atoms with Crippen LogP contribution < -0.4 is 4.90 Å². The quantitative estimate of drug-likeness (QED) is 0.267. The molecule has 1 unspecified atom stereocenters. The SMILES string of the molecule is CCC1=C(CC)N2c3cc4c(cc3C(c3ccccc3)=CC2c2cc(C)cc(C)c21)-c1ccccc1C4(C)C. The van der Waals surface area contributed by atoms with E-state index in [1.54, 1.807) is 0 Å². The normalized spacial score (nSPS) is 18.2. The van der Waals surface area contributed by atoms with Crippen LogP contribution in [0.25, 0.3) is 22.3 Å². The first-order chi connectivity index (χ1) is 18.8. The lowest BCUT2D eigenvalue weighted by Crippen LogP contribution is -2.35. The Kier molecular flexibility index (Phi) is 5.33. The summed E-state index contributed by atoms with van der Waals surface area (Å²) in [7, 11) is 0. The van der Waals surface area contributed by atoms with Gasteiger partial charge in [-0.05, 0) is 101 Å². The van der Waals surface area contributed by atoms with Crippen LogP contribution in [-0.4, -0.2) is 0 Å². The molecule has 1 aliphatic carbocycles. The molecule has 194 valence electrons. The Morgan fingerprint density at radius 2 is 1.49 bits per heavy atom. The molecular weight excluding hydrogens is 470 g/mol. The van der Waals surface area contributed by atoms with Crippen molar-refractivity contribution in [3.63, 3.8) is 0 Å². The maximum atomic E-state index is 2.70. The second kappa shape index (κ2) is 8.58. The number of aryl methyl sites for hydroxylation is 2. The van der Waals surface area contributed by atoms with Gasteiger partial charge in [0.05, 0.1) is 6.04 Å². The maximum Gasteiger partial charge on any atom is 0.0788 e. The Hall–Kier alpha value is -3.84. The van der Waals surface area contributed by atoms with Crippen molar-refractivity contribution in [3.05, 3.63) is 135 Å². The van der Waals surface area contributed by atoms with E-state index >= 15 is 0 Å². The molecule has 39 heavy (non-hydrogen) atoms. The summed E-state index contributed by atoms with van der Waals surface area (Å²) in [4.78, 5) is 2.70. The van der Waals surface area contributed by atoms with E-state index in [0.717, 1.165) is 12.8 Å². The second-order valence-electron chi connectivity index (χ2n) is 12.0. The summed E-state index contributed by atoms with van der Waals surface area (Å²) >= 11 is 0. The zero-order valence-corrected chi connectivity index (χ0v) is 24.0. The average molecular weight is 508 g/mol.